The van der Waals surface area contributed by atoms with E-state index in [-0.39, 0.29) is 12.2 Å². The fraction of sp³-hybridized carbons (Fsp3) is 0.500. The third-order valence-corrected chi connectivity index (χ3v) is 4.42. The number of carbonyl (C=O) groups is 3. The van der Waals surface area contributed by atoms with Gasteiger partial charge in [-0.3, -0.25) is 9.59 Å². The van der Waals surface area contributed by atoms with Crippen molar-refractivity contribution in [3.63, 3.8) is 0 Å². The Morgan fingerprint density at radius 2 is 1.72 bits per heavy atom. The highest BCUT2D eigenvalue weighted by Gasteiger charge is 2.42. The summed E-state index contributed by atoms with van der Waals surface area (Å²) in [6, 6.07) is 9.48. The Morgan fingerprint density at radius 3 is 2.24 bits per heavy atom. The Hall–Kier alpha value is -2.67. The molecule has 7 heteroatoms. The third-order valence-electron chi connectivity index (χ3n) is 4.42. The Labute approximate surface area is 172 Å². The van der Waals surface area contributed by atoms with Crippen LogP contribution in [0.1, 0.15) is 38.7 Å². The molecule has 3 atom stereocenters. The summed E-state index contributed by atoms with van der Waals surface area (Å²) in [5.74, 6) is -3.38. The molecule has 0 bridgehead atoms. The number of carbonyl (C=O) groups excluding carboxylic acids is 3. The molecule has 0 saturated heterocycles. The van der Waals surface area contributed by atoms with E-state index in [9.17, 15) is 14.4 Å². The van der Waals surface area contributed by atoms with Gasteiger partial charge in [0.05, 0.1) is 26.9 Å². The topological polar surface area (TPSA) is 88.1 Å². The Bertz CT molecular complexity index is 684. The minimum Gasteiger partial charge on any atom is -0.468 e. The van der Waals surface area contributed by atoms with Gasteiger partial charge in [-0.05, 0) is 12.0 Å². The lowest BCUT2D eigenvalue weighted by Gasteiger charge is -2.32. The molecule has 1 rings (SSSR count). The number of hydrogen-bond acceptors (Lipinski definition) is 7. The number of ether oxygens (including phenoxy) is 4. The smallest absolute Gasteiger partial charge is 0.334 e. The first-order valence-electron chi connectivity index (χ1n) is 9.53. The molecule has 0 unspecified atom stereocenters. The van der Waals surface area contributed by atoms with Crippen molar-refractivity contribution < 1.29 is 33.3 Å². The molecular weight excluding hydrogens is 376 g/mol. The van der Waals surface area contributed by atoms with Crippen molar-refractivity contribution in [1.82, 2.24) is 0 Å². The molecule has 0 aliphatic heterocycles. The standard InChI is InChI=1S/C22H30O7/c1-6-7-13-18(28-14-17-11-9-8-10-12-17)20(29-16(3)23)19(22(25)27-5)15(2)21(24)26-4/h8-12,18-20H,2,6-7,13-14H2,1,3-5H3/t18-,19+,20+/m0/s1. The zero-order chi connectivity index (χ0) is 21.8. The predicted molar refractivity (Wildman–Crippen MR) is 107 cm³/mol. The molecule has 7 nitrogen and oxygen atoms in total. The van der Waals surface area contributed by atoms with Crippen LogP contribution in [0.25, 0.3) is 0 Å². The molecule has 29 heavy (non-hydrogen) atoms. The molecule has 0 aliphatic rings. The maximum absolute atomic E-state index is 12.5. The van der Waals surface area contributed by atoms with Crippen molar-refractivity contribution >= 4 is 17.9 Å². The van der Waals surface area contributed by atoms with Gasteiger partial charge < -0.3 is 18.9 Å². The summed E-state index contributed by atoms with van der Waals surface area (Å²) < 4.78 is 21.1. The molecule has 0 saturated carbocycles. The highest BCUT2D eigenvalue weighted by atomic mass is 16.6. The first kappa shape index (κ1) is 24.4. The highest BCUT2D eigenvalue weighted by molar-refractivity contribution is 5.95. The summed E-state index contributed by atoms with van der Waals surface area (Å²) >= 11 is 0. The molecule has 1 aromatic carbocycles. The molecule has 0 heterocycles. The van der Waals surface area contributed by atoms with Crippen LogP contribution in [0.2, 0.25) is 0 Å². The van der Waals surface area contributed by atoms with Crippen LogP contribution >= 0.6 is 0 Å². The van der Waals surface area contributed by atoms with Gasteiger partial charge in [0.15, 0.2) is 0 Å². The molecule has 0 aliphatic carbocycles. The molecule has 0 aromatic heterocycles. The number of esters is 3. The summed E-state index contributed by atoms with van der Waals surface area (Å²) in [5, 5.41) is 0. The fourth-order valence-corrected chi connectivity index (χ4v) is 2.94. The first-order valence-corrected chi connectivity index (χ1v) is 9.53. The largest absolute Gasteiger partial charge is 0.468 e. The monoisotopic (exact) mass is 406 g/mol. The third kappa shape index (κ3) is 7.69. The zero-order valence-electron chi connectivity index (χ0n) is 17.5. The van der Waals surface area contributed by atoms with Crippen LogP contribution in [0.15, 0.2) is 42.5 Å². The molecule has 0 spiro atoms. The first-order chi connectivity index (χ1) is 13.8. The van der Waals surface area contributed by atoms with Crippen LogP contribution in [0.4, 0.5) is 0 Å². The van der Waals surface area contributed by atoms with Crippen LogP contribution in [0.5, 0.6) is 0 Å². The van der Waals surface area contributed by atoms with Crippen LogP contribution in [-0.2, 0) is 39.9 Å². The van der Waals surface area contributed by atoms with Crippen LogP contribution < -0.4 is 0 Å². The molecule has 0 N–H and O–H groups in total. The number of unbranched alkanes of at least 4 members (excludes halogenated alkanes) is 1. The van der Waals surface area contributed by atoms with Gasteiger partial charge in [0.1, 0.15) is 12.0 Å². The Balaban J connectivity index is 3.24. The average Bonchev–Trinajstić information content (AvgIpc) is 2.72. The van der Waals surface area contributed by atoms with E-state index in [0.717, 1.165) is 18.4 Å². The second-order valence-corrected chi connectivity index (χ2v) is 6.57. The lowest BCUT2D eigenvalue weighted by Crippen LogP contribution is -2.45. The lowest BCUT2D eigenvalue weighted by molar-refractivity contribution is -0.170. The Morgan fingerprint density at radius 1 is 1.07 bits per heavy atom. The summed E-state index contributed by atoms with van der Waals surface area (Å²) in [4.78, 5) is 36.4. The van der Waals surface area contributed by atoms with Gasteiger partial charge in [-0.1, -0.05) is 56.7 Å². The van der Waals surface area contributed by atoms with Gasteiger partial charge in [-0.2, -0.15) is 0 Å². The van der Waals surface area contributed by atoms with Gasteiger partial charge >= 0.3 is 17.9 Å². The van der Waals surface area contributed by atoms with Crippen molar-refractivity contribution in [2.45, 2.75) is 51.9 Å². The van der Waals surface area contributed by atoms with E-state index in [2.05, 4.69) is 6.58 Å². The quantitative estimate of drug-likeness (QED) is 0.299. The second-order valence-electron chi connectivity index (χ2n) is 6.57. The summed E-state index contributed by atoms with van der Waals surface area (Å²) in [7, 11) is 2.37. The number of hydrogen-bond donors (Lipinski definition) is 0. The van der Waals surface area contributed by atoms with Crippen molar-refractivity contribution in [2.24, 2.45) is 5.92 Å². The van der Waals surface area contributed by atoms with Crippen LogP contribution in [0.3, 0.4) is 0 Å². The van der Waals surface area contributed by atoms with Crippen molar-refractivity contribution in [3.05, 3.63) is 48.0 Å². The van der Waals surface area contributed by atoms with E-state index in [1.165, 1.54) is 21.1 Å². The Kier molecular flexibility index (Phi) is 10.7. The van der Waals surface area contributed by atoms with E-state index in [1.807, 2.05) is 37.3 Å². The minimum absolute atomic E-state index is 0.157. The van der Waals surface area contributed by atoms with Gasteiger partial charge in [0.25, 0.3) is 0 Å². The molecule has 0 fully saturated rings. The maximum Gasteiger partial charge on any atom is 0.334 e. The summed E-state index contributed by atoms with van der Waals surface area (Å²) in [6.45, 7) is 7.18. The van der Waals surface area contributed by atoms with E-state index in [0.29, 0.717) is 6.42 Å². The summed E-state index contributed by atoms with van der Waals surface area (Å²) in [6.07, 6.45) is 0.434. The normalized spacial score (nSPS) is 13.7. The van der Waals surface area contributed by atoms with Gasteiger partial charge in [0, 0.05) is 12.5 Å². The van der Waals surface area contributed by atoms with Gasteiger partial charge in [-0.15, -0.1) is 0 Å². The molecule has 0 radical (unpaired) electrons. The van der Waals surface area contributed by atoms with Crippen molar-refractivity contribution in [3.8, 4) is 0 Å². The number of benzene rings is 1. The second kappa shape index (κ2) is 12.7. The molecule has 0 amide bonds. The summed E-state index contributed by atoms with van der Waals surface area (Å²) in [5.41, 5.74) is 0.771. The van der Waals surface area contributed by atoms with Gasteiger partial charge in [0.2, 0.25) is 0 Å². The lowest BCUT2D eigenvalue weighted by atomic mass is 9.88. The molecule has 160 valence electrons. The van der Waals surface area contributed by atoms with E-state index in [4.69, 9.17) is 18.9 Å². The number of methoxy groups -OCH3 is 2. The maximum atomic E-state index is 12.5. The van der Waals surface area contributed by atoms with E-state index < -0.39 is 36.0 Å². The minimum atomic E-state index is -1.24. The van der Waals surface area contributed by atoms with Crippen LogP contribution in [-0.4, -0.2) is 44.3 Å². The van der Waals surface area contributed by atoms with E-state index in [1.54, 1.807) is 0 Å². The average molecular weight is 406 g/mol. The highest BCUT2D eigenvalue weighted by Crippen LogP contribution is 2.27. The SMILES string of the molecule is C=C(C(=O)OC)[C@@H](C(=O)OC)[C@H](OC(C)=O)[C@H](CCCC)OCc1ccccc1. The fourth-order valence-electron chi connectivity index (χ4n) is 2.94. The van der Waals surface area contributed by atoms with Crippen molar-refractivity contribution in [1.29, 1.82) is 0 Å². The van der Waals surface area contributed by atoms with Crippen molar-refractivity contribution in [2.75, 3.05) is 14.2 Å². The van der Waals surface area contributed by atoms with E-state index >= 15 is 0 Å². The molecular formula is C22H30O7. The van der Waals surface area contributed by atoms with Crippen LogP contribution in [0, 0.1) is 5.92 Å². The predicted octanol–water partition coefficient (Wildman–Crippen LogP) is 3.21. The number of rotatable bonds is 12. The van der Waals surface area contributed by atoms with Gasteiger partial charge in [-0.25, -0.2) is 4.79 Å². The zero-order valence-corrected chi connectivity index (χ0v) is 17.5. The molecule has 1 aromatic rings.